The Morgan fingerprint density at radius 3 is 2.56 bits per heavy atom. The molecule has 0 aromatic heterocycles. The molecular weight excluding hydrogens is 465 g/mol. The van der Waals surface area contributed by atoms with Crippen molar-refractivity contribution < 1.29 is 23.9 Å². The third kappa shape index (κ3) is 6.19. The third-order valence-corrected chi connectivity index (χ3v) is 8.45. The first-order chi connectivity index (χ1) is 16.7. The Morgan fingerprint density at radius 2 is 1.97 bits per heavy atom. The molecule has 0 aromatic carbocycles. The van der Waals surface area contributed by atoms with E-state index in [1.807, 2.05) is 0 Å². The Morgan fingerprint density at radius 1 is 1.28 bits per heavy atom. The number of nitrogens with two attached hydrogens (primary N) is 1. The highest BCUT2D eigenvalue weighted by Gasteiger charge is 2.68. The zero-order valence-electron chi connectivity index (χ0n) is 22.4. The molecule has 0 spiro atoms. The number of hydrogen-bond acceptors (Lipinski definition) is 7. The van der Waals surface area contributed by atoms with Gasteiger partial charge in [0.05, 0.1) is 17.6 Å². The van der Waals surface area contributed by atoms with Crippen molar-refractivity contribution in [3.8, 4) is 0 Å². The van der Waals surface area contributed by atoms with Crippen molar-refractivity contribution >= 4 is 24.8 Å². The summed E-state index contributed by atoms with van der Waals surface area (Å²) in [6.45, 7) is 12.6. The largest absolute Gasteiger partial charge is 0.481 e. The second-order valence-corrected chi connectivity index (χ2v) is 12.0. The molecule has 0 unspecified atom stereocenters. The summed E-state index contributed by atoms with van der Waals surface area (Å²) in [5.74, 6) is -0.0844. The number of ketones is 1. The molecule has 3 saturated carbocycles. The Kier molecular flexibility index (Phi) is 8.70. The van der Waals surface area contributed by atoms with Crippen LogP contribution in [0.15, 0.2) is 4.99 Å². The molecule has 4 rings (SSSR count). The van der Waals surface area contributed by atoms with Gasteiger partial charge in [0.1, 0.15) is 5.78 Å². The molecule has 0 aromatic rings. The Bertz CT molecular complexity index is 883. The van der Waals surface area contributed by atoms with Crippen LogP contribution >= 0.6 is 0 Å². The number of nitrogens with zero attached hydrogens (tertiary/aromatic N) is 2. The molecule has 202 valence electrons. The minimum Gasteiger partial charge on any atom is -0.404 e. The van der Waals surface area contributed by atoms with Gasteiger partial charge in [-0.3, -0.25) is 4.79 Å². The lowest BCUT2D eigenvalue weighted by molar-refractivity contribution is -0.525. The van der Waals surface area contributed by atoms with Crippen LogP contribution in [0.4, 0.5) is 0 Å². The van der Waals surface area contributed by atoms with Crippen molar-refractivity contribution in [3.05, 3.63) is 10.1 Å². The van der Waals surface area contributed by atoms with E-state index in [0.717, 1.165) is 12.8 Å². The summed E-state index contributed by atoms with van der Waals surface area (Å²) in [5, 5.41) is 12.8. The number of hydrazine groups is 1. The number of Topliss-reactive ketones (excluding diaryl/α,β-unsaturated/α-hetero) is 1. The molecule has 11 nitrogen and oxygen atoms in total. The summed E-state index contributed by atoms with van der Waals surface area (Å²) in [5.41, 5.74) is 7.09. The SMILES string of the molecule is CC(=O)C[C@@H](CCCN=C(N)N[N+](=O)[O-])C(=O)N[C@@H](CC(C)C)B1O[C@@H]2C[C@@H]3C[C@@H](C3(C)C)[C@]2(C)O1. The van der Waals surface area contributed by atoms with E-state index < -0.39 is 18.1 Å². The van der Waals surface area contributed by atoms with Crippen LogP contribution in [0, 0.1) is 39.2 Å². The van der Waals surface area contributed by atoms with Crippen molar-refractivity contribution in [1.29, 1.82) is 0 Å². The van der Waals surface area contributed by atoms with Crippen molar-refractivity contribution in [3.63, 3.8) is 0 Å². The molecular formula is C24H42BN5O6. The molecule has 1 heterocycles. The maximum Gasteiger partial charge on any atom is 0.481 e. The van der Waals surface area contributed by atoms with Crippen LogP contribution in [0.1, 0.15) is 80.1 Å². The molecule has 12 heteroatoms. The predicted octanol–water partition coefficient (Wildman–Crippen LogP) is 2.26. The van der Waals surface area contributed by atoms with E-state index >= 15 is 0 Å². The topological polar surface area (TPSA) is 158 Å². The molecule has 4 N–H and O–H groups in total. The summed E-state index contributed by atoms with van der Waals surface area (Å²) in [6.07, 6.45) is 3.81. The van der Waals surface area contributed by atoms with Crippen molar-refractivity contribution in [1.82, 2.24) is 10.7 Å². The van der Waals surface area contributed by atoms with Crippen LogP contribution in [0.2, 0.25) is 0 Å². The fourth-order valence-electron chi connectivity index (χ4n) is 6.46. The second-order valence-electron chi connectivity index (χ2n) is 12.0. The highest BCUT2D eigenvalue weighted by atomic mass is 16.7. The second kappa shape index (κ2) is 11.0. The summed E-state index contributed by atoms with van der Waals surface area (Å²) >= 11 is 0. The first kappa shape index (κ1) is 28.4. The number of guanidine groups is 1. The lowest BCUT2D eigenvalue weighted by Gasteiger charge is -2.64. The van der Waals surface area contributed by atoms with Crippen LogP contribution in [0.5, 0.6) is 0 Å². The molecule has 4 aliphatic rings. The smallest absolute Gasteiger partial charge is 0.404 e. The van der Waals surface area contributed by atoms with Gasteiger partial charge in [-0.25, -0.2) is 15.1 Å². The average Bonchev–Trinajstić information content (AvgIpc) is 3.11. The minimum absolute atomic E-state index is 0.0231. The Labute approximate surface area is 214 Å². The normalized spacial score (nSPS) is 30.2. The number of hydrogen-bond donors (Lipinski definition) is 3. The number of amides is 1. The lowest BCUT2D eigenvalue weighted by atomic mass is 9.43. The van der Waals surface area contributed by atoms with Gasteiger partial charge in [-0.2, -0.15) is 0 Å². The highest BCUT2D eigenvalue weighted by Crippen LogP contribution is 2.65. The number of nitrogens with one attached hydrogen (secondary N) is 2. The fraction of sp³-hybridized carbons (Fsp3) is 0.875. The summed E-state index contributed by atoms with van der Waals surface area (Å²) in [4.78, 5) is 39.5. The van der Waals surface area contributed by atoms with Gasteiger partial charge in [0.15, 0.2) is 5.03 Å². The van der Waals surface area contributed by atoms with Crippen LogP contribution < -0.4 is 16.5 Å². The Hall–Kier alpha value is -2.21. The summed E-state index contributed by atoms with van der Waals surface area (Å²) in [6, 6.07) is 0. The van der Waals surface area contributed by atoms with E-state index in [-0.39, 0.29) is 53.7 Å². The number of nitro groups is 1. The standard InChI is InChI=1S/C24H42BN5O6/c1-14(2)10-20(25-35-19-13-17-12-18(23(17,4)5)24(19,6)36-25)28-21(32)16(11-15(3)31)8-7-9-27-22(26)29-30(33)34/h14,16-20H,7-13H2,1-6H3,(H,28,32)(H3,26,27,29)/t16-,17+,18+,19-,20+,24+/m1/s1. The van der Waals surface area contributed by atoms with E-state index in [4.69, 9.17) is 15.0 Å². The van der Waals surface area contributed by atoms with Gasteiger partial charge in [-0.1, -0.05) is 33.1 Å². The Balaban J connectivity index is 1.65. The van der Waals surface area contributed by atoms with Crippen LogP contribution in [-0.2, 0) is 18.9 Å². The number of carbonyl (C=O) groups excluding carboxylic acids is 2. The van der Waals surface area contributed by atoms with Crippen LogP contribution in [-0.4, -0.2) is 54.0 Å². The van der Waals surface area contributed by atoms with Crippen LogP contribution in [0.3, 0.4) is 0 Å². The molecule has 1 aliphatic heterocycles. The zero-order valence-corrected chi connectivity index (χ0v) is 22.4. The third-order valence-electron chi connectivity index (χ3n) is 8.45. The maximum absolute atomic E-state index is 13.3. The number of carbonyl (C=O) groups is 2. The summed E-state index contributed by atoms with van der Waals surface area (Å²) < 4.78 is 13.1. The van der Waals surface area contributed by atoms with E-state index in [2.05, 4.69) is 44.9 Å². The van der Waals surface area contributed by atoms with Crippen LogP contribution in [0.25, 0.3) is 0 Å². The fourth-order valence-corrected chi connectivity index (χ4v) is 6.46. The lowest BCUT2D eigenvalue weighted by Crippen LogP contribution is -2.65. The van der Waals surface area contributed by atoms with E-state index in [9.17, 15) is 19.7 Å². The van der Waals surface area contributed by atoms with Crippen molar-refractivity contribution in [2.45, 2.75) is 97.7 Å². The van der Waals surface area contributed by atoms with Gasteiger partial charge < -0.3 is 25.2 Å². The van der Waals surface area contributed by atoms with E-state index in [0.29, 0.717) is 37.0 Å². The van der Waals surface area contributed by atoms with E-state index in [1.165, 1.54) is 6.92 Å². The first-order valence-corrected chi connectivity index (χ1v) is 13.1. The molecule has 1 saturated heterocycles. The molecule has 4 fully saturated rings. The molecule has 3 aliphatic carbocycles. The van der Waals surface area contributed by atoms with Gasteiger partial charge in [0.2, 0.25) is 5.91 Å². The average molecular weight is 507 g/mol. The molecule has 0 radical (unpaired) electrons. The quantitative estimate of drug-likeness (QED) is 0.0906. The van der Waals surface area contributed by atoms with Gasteiger partial charge in [-0.05, 0) is 69.1 Å². The molecule has 2 bridgehead atoms. The van der Waals surface area contributed by atoms with Crippen molar-refractivity contribution in [2.75, 3.05) is 6.54 Å². The van der Waals surface area contributed by atoms with Gasteiger partial charge in [-0.15, -0.1) is 0 Å². The van der Waals surface area contributed by atoms with Gasteiger partial charge in [0.25, 0.3) is 5.96 Å². The minimum atomic E-state index is -0.784. The first-order valence-electron chi connectivity index (χ1n) is 13.1. The zero-order chi connectivity index (χ0) is 26.8. The van der Waals surface area contributed by atoms with Crippen molar-refractivity contribution in [2.24, 2.45) is 39.8 Å². The van der Waals surface area contributed by atoms with Gasteiger partial charge >= 0.3 is 7.12 Å². The predicted molar refractivity (Wildman–Crippen MR) is 136 cm³/mol. The van der Waals surface area contributed by atoms with E-state index in [1.54, 1.807) is 5.43 Å². The number of aliphatic imine (C=N–C) groups is 1. The molecule has 6 atom stereocenters. The summed E-state index contributed by atoms with van der Waals surface area (Å²) in [7, 11) is -0.530. The molecule has 36 heavy (non-hydrogen) atoms. The number of rotatable bonds is 12. The monoisotopic (exact) mass is 507 g/mol. The highest BCUT2D eigenvalue weighted by molar-refractivity contribution is 6.47. The molecule has 1 amide bonds. The van der Waals surface area contributed by atoms with Gasteiger partial charge in [0, 0.05) is 18.9 Å². The maximum atomic E-state index is 13.3.